The maximum atomic E-state index is 12.0. The number of hydrogen-bond acceptors (Lipinski definition) is 1. The molecule has 0 aliphatic rings. The fourth-order valence-corrected chi connectivity index (χ4v) is 2.13. The van der Waals surface area contributed by atoms with Crippen molar-refractivity contribution in [3.8, 4) is 0 Å². The van der Waals surface area contributed by atoms with Gasteiger partial charge in [-0.2, -0.15) is 0 Å². The maximum absolute atomic E-state index is 12.0. The van der Waals surface area contributed by atoms with E-state index >= 15 is 0 Å². The Morgan fingerprint density at radius 2 is 1.83 bits per heavy atom. The van der Waals surface area contributed by atoms with Crippen LogP contribution in [0.3, 0.4) is 0 Å². The summed E-state index contributed by atoms with van der Waals surface area (Å²) in [6.45, 7) is 1.98. The van der Waals surface area contributed by atoms with E-state index in [-0.39, 0.29) is 11.9 Å². The highest BCUT2D eigenvalue weighted by atomic mass is 79.9. The van der Waals surface area contributed by atoms with Gasteiger partial charge in [-0.25, -0.2) is 0 Å². The molecule has 0 saturated heterocycles. The van der Waals surface area contributed by atoms with Crippen molar-refractivity contribution < 1.29 is 4.79 Å². The van der Waals surface area contributed by atoms with Gasteiger partial charge >= 0.3 is 0 Å². The molecule has 2 aromatic rings. The largest absolute Gasteiger partial charge is 0.346 e. The lowest BCUT2D eigenvalue weighted by Crippen LogP contribution is -2.26. The molecule has 92 valence electrons. The molecule has 18 heavy (non-hydrogen) atoms. The Balaban J connectivity index is 2.08. The predicted octanol–water partition coefficient (Wildman–Crippen LogP) is 3.94. The molecule has 2 aromatic carbocycles. The van der Waals surface area contributed by atoms with Gasteiger partial charge < -0.3 is 5.32 Å². The third-order valence-corrected chi connectivity index (χ3v) is 3.23. The monoisotopic (exact) mass is 303 g/mol. The lowest BCUT2D eigenvalue weighted by Gasteiger charge is -2.14. The van der Waals surface area contributed by atoms with Gasteiger partial charge in [0.05, 0.1) is 6.04 Å². The number of hydrogen-bond donors (Lipinski definition) is 1. The second-order valence-electron chi connectivity index (χ2n) is 4.12. The average Bonchev–Trinajstić information content (AvgIpc) is 2.39. The van der Waals surface area contributed by atoms with Crippen LogP contribution >= 0.6 is 15.9 Å². The minimum absolute atomic E-state index is 0.00215. The van der Waals surface area contributed by atoms with E-state index < -0.39 is 0 Å². The molecule has 0 heterocycles. The molecule has 0 radical (unpaired) electrons. The molecule has 2 rings (SSSR count). The molecule has 3 heteroatoms. The molecular formula is C15H14BrNO. The highest BCUT2D eigenvalue weighted by Crippen LogP contribution is 2.15. The molecule has 0 aliphatic carbocycles. The molecule has 0 fully saturated rings. The van der Waals surface area contributed by atoms with E-state index in [1.54, 1.807) is 6.07 Å². The fourth-order valence-electron chi connectivity index (χ4n) is 1.73. The van der Waals surface area contributed by atoms with Crippen LogP contribution in [0.15, 0.2) is 59.1 Å². The third-order valence-electron chi connectivity index (χ3n) is 2.73. The molecule has 0 aromatic heterocycles. The van der Waals surface area contributed by atoms with Crippen LogP contribution in [-0.4, -0.2) is 5.91 Å². The molecule has 1 N–H and O–H groups in total. The molecule has 0 bridgehead atoms. The van der Waals surface area contributed by atoms with Gasteiger partial charge in [0.15, 0.2) is 0 Å². The van der Waals surface area contributed by atoms with Crippen LogP contribution in [-0.2, 0) is 0 Å². The normalized spacial score (nSPS) is 11.9. The van der Waals surface area contributed by atoms with E-state index in [4.69, 9.17) is 0 Å². The van der Waals surface area contributed by atoms with Crippen molar-refractivity contribution in [3.63, 3.8) is 0 Å². The van der Waals surface area contributed by atoms with Crippen molar-refractivity contribution in [3.05, 3.63) is 70.2 Å². The summed E-state index contributed by atoms with van der Waals surface area (Å²) in [5, 5.41) is 2.98. The van der Waals surface area contributed by atoms with Gasteiger partial charge in [-0.1, -0.05) is 52.3 Å². The highest BCUT2D eigenvalue weighted by molar-refractivity contribution is 9.10. The van der Waals surface area contributed by atoms with Gasteiger partial charge in [-0.05, 0) is 30.7 Å². The number of nitrogens with one attached hydrogen (secondary N) is 1. The van der Waals surface area contributed by atoms with E-state index in [1.807, 2.05) is 55.5 Å². The molecule has 0 unspecified atom stereocenters. The lowest BCUT2D eigenvalue weighted by atomic mass is 10.1. The Morgan fingerprint density at radius 1 is 1.11 bits per heavy atom. The van der Waals surface area contributed by atoms with E-state index in [0.29, 0.717) is 5.56 Å². The number of rotatable bonds is 3. The van der Waals surface area contributed by atoms with Gasteiger partial charge in [0.2, 0.25) is 0 Å². The first-order valence-electron chi connectivity index (χ1n) is 5.78. The SMILES string of the molecule is C[C@@H](NC(=O)c1cccc(Br)c1)c1ccccc1. The summed E-state index contributed by atoms with van der Waals surface area (Å²) in [5.74, 6) is -0.0624. The molecule has 0 saturated carbocycles. The smallest absolute Gasteiger partial charge is 0.251 e. The average molecular weight is 304 g/mol. The lowest BCUT2D eigenvalue weighted by molar-refractivity contribution is 0.0940. The Kier molecular flexibility index (Phi) is 4.15. The van der Waals surface area contributed by atoms with Crippen LogP contribution in [0.2, 0.25) is 0 Å². The van der Waals surface area contributed by atoms with Gasteiger partial charge in [-0.15, -0.1) is 0 Å². The predicted molar refractivity (Wildman–Crippen MR) is 76.5 cm³/mol. The summed E-state index contributed by atoms with van der Waals surface area (Å²) < 4.78 is 0.905. The number of carbonyl (C=O) groups is 1. The summed E-state index contributed by atoms with van der Waals surface area (Å²) in [6, 6.07) is 17.3. The van der Waals surface area contributed by atoms with Crippen molar-refractivity contribution in [1.82, 2.24) is 5.32 Å². The van der Waals surface area contributed by atoms with E-state index in [0.717, 1.165) is 10.0 Å². The molecule has 0 spiro atoms. The summed E-state index contributed by atoms with van der Waals surface area (Å²) in [7, 11) is 0. The van der Waals surface area contributed by atoms with E-state index in [2.05, 4.69) is 21.2 Å². The zero-order chi connectivity index (χ0) is 13.0. The van der Waals surface area contributed by atoms with Gasteiger partial charge in [0, 0.05) is 10.0 Å². The van der Waals surface area contributed by atoms with Crippen LogP contribution in [0.4, 0.5) is 0 Å². The molecular weight excluding hydrogens is 290 g/mol. The van der Waals surface area contributed by atoms with Crippen molar-refractivity contribution in [1.29, 1.82) is 0 Å². The number of benzene rings is 2. The van der Waals surface area contributed by atoms with Crippen molar-refractivity contribution >= 4 is 21.8 Å². The Hall–Kier alpha value is -1.61. The Labute approximate surface area is 115 Å². The molecule has 2 nitrogen and oxygen atoms in total. The van der Waals surface area contributed by atoms with Gasteiger partial charge in [0.25, 0.3) is 5.91 Å². The topological polar surface area (TPSA) is 29.1 Å². The molecule has 1 amide bonds. The van der Waals surface area contributed by atoms with Gasteiger partial charge in [-0.3, -0.25) is 4.79 Å². The number of amides is 1. The second kappa shape index (κ2) is 5.83. The minimum Gasteiger partial charge on any atom is -0.346 e. The van der Waals surface area contributed by atoms with Crippen LogP contribution in [0.1, 0.15) is 28.9 Å². The van der Waals surface area contributed by atoms with Gasteiger partial charge in [0.1, 0.15) is 0 Å². The van der Waals surface area contributed by atoms with Crippen LogP contribution in [0.5, 0.6) is 0 Å². The zero-order valence-electron chi connectivity index (χ0n) is 10.1. The summed E-state index contributed by atoms with van der Waals surface area (Å²) >= 11 is 3.36. The maximum Gasteiger partial charge on any atom is 0.251 e. The summed E-state index contributed by atoms with van der Waals surface area (Å²) in [4.78, 5) is 12.0. The molecule has 0 aliphatic heterocycles. The molecule has 1 atom stereocenters. The number of halogens is 1. The van der Waals surface area contributed by atoms with Crippen molar-refractivity contribution in [2.45, 2.75) is 13.0 Å². The first-order valence-corrected chi connectivity index (χ1v) is 6.57. The fraction of sp³-hybridized carbons (Fsp3) is 0.133. The van der Waals surface area contributed by atoms with E-state index in [9.17, 15) is 4.79 Å². The summed E-state index contributed by atoms with van der Waals surface area (Å²) in [5.41, 5.74) is 1.76. The van der Waals surface area contributed by atoms with Crippen LogP contribution in [0, 0.1) is 0 Å². The quantitative estimate of drug-likeness (QED) is 0.914. The zero-order valence-corrected chi connectivity index (χ0v) is 11.6. The standard InChI is InChI=1S/C15H14BrNO/c1-11(12-6-3-2-4-7-12)17-15(18)13-8-5-9-14(16)10-13/h2-11H,1H3,(H,17,18)/t11-/m1/s1. The second-order valence-corrected chi connectivity index (χ2v) is 5.03. The summed E-state index contributed by atoms with van der Waals surface area (Å²) in [6.07, 6.45) is 0. The number of carbonyl (C=O) groups excluding carboxylic acids is 1. The third kappa shape index (κ3) is 3.20. The first-order chi connectivity index (χ1) is 8.66. The minimum atomic E-state index is -0.0624. The van der Waals surface area contributed by atoms with Crippen molar-refractivity contribution in [2.75, 3.05) is 0 Å². The first kappa shape index (κ1) is 12.8. The Morgan fingerprint density at radius 3 is 2.50 bits per heavy atom. The van der Waals surface area contributed by atoms with Crippen molar-refractivity contribution in [2.24, 2.45) is 0 Å². The highest BCUT2D eigenvalue weighted by Gasteiger charge is 2.10. The van der Waals surface area contributed by atoms with E-state index in [1.165, 1.54) is 0 Å². The van der Waals surface area contributed by atoms with Crippen LogP contribution in [0.25, 0.3) is 0 Å². The van der Waals surface area contributed by atoms with Crippen LogP contribution < -0.4 is 5.32 Å². The Bertz CT molecular complexity index is 539.